The second-order valence-corrected chi connectivity index (χ2v) is 16.8. The molecule has 0 N–H and O–H groups in total. The van der Waals surface area contributed by atoms with Gasteiger partial charge in [0.25, 0.3) is 0 Å². The second kappa shape index (κ2) is 15.6. The molecule has 1 heteroatoms. The molecule has 0 radical (unpaired) electrons. The van der Waals surface area contributed by atoms with Gasteiger partial charge in [-0.3, -0.25) is 0 Å². The SMILES string of the molecule is c1ccc(-c2ccc(N(c3ccc(C4(c5ccccc5)c5ccccc5-c5ccccc54)cc3)c3cccc(-c4ccc5ccccc5c4)c3-c3ccc4ccccc4c3)cc2)cc1. The minimum absolute atomic E-state index is 0.485. The highest BCUT2D eigenvalue weighted by molar-refractivity contribution is 6.01. The Balaban J connectivity index is 1.09. The fraction of sp³-hybridized carbons (Fsp3) is 0.0159. The molecule has 300 valence electrons. The zero-order valence-electron chi connectivity index (χ0n) is 35.3. The highest BCUT2D eigenvalue weighted by Crippen LogP contribution is 2.56. The lowest BCUT2D eigenvalue weighted by Gasteiger charge is -2.35. The van der Waals surface area contributed by atoms with Gasteiger partial charge in [0.05, 0.1) is 11.1 Å². The topological polar surface area (TPSA) is 3.24 Å². The fourth-order valence-electron chi connectivity index (χ4n) is 10.4. The van der Waals surface area contributed by atoms with Crippen LogP contribution in [0.25, 0.3) is 66.1 Å². The summed E-state index contributed by atoms with van der Waals surface area (Å²) in [6, 6.07) is 96.0. The number of fused-ring (bicyclic) bond motifs is 5. The van der Waals surface area contributed by atoms with E-state index in [0.717, 1.165) is 17.1 Å². The van der Waals surface area contributed by atoms with Gasteiger partial charge in [-0.25, -0.2) is 0 Å². The Morgan fingerprint density at radius 3 is 1.33 bits per heavy atom. The third-order valence-corrected chi connectivity index (χ3v) is 13.3. The van der Waals surface area contributed by atoms with Crippen LogP contribution in [0.15, 0.2) is 261 Å². The number of hydrogen-bond acceptors (Lipinski definition) is 1. The van der Waals surface area contributed by atoms with Crippen molar-refractivity contribution in [1.82, 2.24) is 0 Å². The minimum atomic E-state index is -0.485. The number of anilines is 3. The van der Waals surface area contributed by atoms with E-state index < -0.39 is 5.41 Å². The van der Waals surface area contributed by atoms with Crippen LogP contribution in [-0.2, 0) is 5.41 Å². The molecule has 1 aliphatic carbocycles. The zero-order chi connectivity index (χ0) is 42.5. The summed E-state index contributed by atoms with van der Waals surface area (Å²) in [6.45, 7) is 0. The molecule has 12 rings (SSSR count). The Bertz CT molecular complexity index is 3430. The molecule has 0 fully saturated rings. The summed E-state index contributed by atoms with van der Waals surface area (Å²) >= 11 is 0. The summed E-state index contributed by atoms with van der Waals surface area (Å²) in [6.07, 6.45) is 0. The molecular weight excluding hydrogens is 771 g/mol. The summed E-state index contributed by atoms with van der Waals surface area (Å²) in [5.74, 6) is 0. The van der Waals surface area contributed by atoms with E-state index in [0.29, 0.717) is 0 Å². The first-order valence-corrected chi connectivity index (χ1v) is 22.2. The highest BCUT2D eigenvalue weighted by Gasteiger charge is 2.45. The van der Waals surface area contributed by atoms with E-state index in [1.165, 1.54) is 88.3 Å². The van der Waals surface area contributed by atoms with Crippen LogP contribution in [0.4, 0.5) is 17.1 Å². The van der Waals surface area contributed by atoms with Gasteiger partial charge in [-0.2, -0.15) is 0 Å². The van der Waals surface area contributed by atoms with Crippen LogP contribution in [0.1, 0.15) is 22.3 Å². The van der Waals surface area contributed by atoms with Crippen molar-refractivity contribution >= 4 is 38.6 Å². The van der Waals surface area contributed by atoms with Gasteiger partial charge in [0.15, 0.2) is 0 Å². The Labute approximate surface area is 374 Å². The average molecular weight is 814 g/mol. The molecule has 0 saturated heterocycles. The summed E-state index contributed by atoms with van der Waals surface area (Å²) in [5, 5.41) is 4.89. The van der Waals surface area contributed by atoms with Crippen molar-refractivity contribution in [3.8, 4) is 44.5 Å². The molecule has 0 aromatic heterocycles. The Hall–Kier alpha value is -8.26. The molecule has 0 saturated carbocycles. The van der Waals surface area contributed by atoms with Gasteiger partial charge in [0.1, 0.15) is 0 Å². The summed E-state index contributed by atoms with van der Waals surface area (Å²) in [4.78, 5) is 2.46. The Morgan fingerprint density at radius 2 is 0.703 bits per heavy atom. The van der Waals surface area contributed by atoms with Crippen LogP contribution in [0.5, 0.6) is 0 Å². The predicted octanol–water partition coefficient (Wildman–Crippen LogP) is 16.8. The lowest BCUT2D eigenvalue weighted by molar-refractivity contribution is 0.768. The van der Waals surface area contributed by atoms with E-state index in [2.05, 4.69) is 266 Å². The molecule has 0 unspecified atom stereocenters. The fourth-order valence-corrected chi connectivity index (χ4v) is 10.4. The molecule has 0 heterocycles. The van der Waals surface area contributed by atoms with Gasteiger partial charge in [-0.15, -0.1) is 0 Å². The van der Waals surface area contributed by atoms with Crippen LogP contribution in [0, 0.1) is 0 Å². The molecule has 11 aromatic rings. The van der Waals surface area contributed by atoms with Crippen molar-refractivity contribution in [2.75, 3.05) is 4.90 Å². The summed E-state index contributed by atoms with van der Waals surface area (Å²) in [7, 11) is 0. The van der Waals surface area contributed by atoms with Crippen LogP contribution in [0.3, 0.4) is 0 Å². The van der Waals surface area contributed by atoms with Gasteiger partial charge in [0.2, 0.25) is 0 Å². The molecule has 0 amide bonds. The first kappa shape index (κ1) is 37.5. The van der Waals surface area contributed by atoms with Crippen LogP contribution in [0.2, 0.25) is 0 Å². The van der Waals surface area contributed by atoms with Crippen LogP contribution >= 0.6 is 0 Å². The third kappa shape index (κ3) is 6.16. The standard InChI is InChI=1S/C63H43N/c1-3-16-44(17-4-1)47-34-38-54(39-35-47)64(55-40-36-53(37-41-55)63(52-22-5-2-6-23-52)59-27-13-11-24-57(59)58-25-12-14-28-60(58)63)61-29-15-26-56(50-32-30-45-18-7-9-20-48(45)42-50)62(61)51-33-31-46-19-8-10-21-49(46)43-51/h1-43H. The molecule has 1 aliphatic rings. The number of benzene rings is 11. The van der Waals surface area contributed by atoms with Crippen molar-refractivity contribution in [2.24, 2.45) is 0 Å². The van der Waals surface area contributed by atoms with Crippen molar-refractivity contribution in [1.29, 1.82) is 0 Å². The van der Waals surface area contributed by atoms with Gasteiger partial charge in [-0.1, -0.05) is 218 Å². The van der Waals surface area contributed by atoms with E-state index in [1.807, 2.05) is 0 Å². The molecule has 64 heavy (non-hydrogen) atoms. The molecular formula is C63H43N. The van der Waals surface area contributed by atoms with Crippen LogP contribution < -0.4 is 4.90 Å². The largest absolute Gasteiger partial charge is 0.310 e. The van der Waals surface area contributed by atoms with Crippen molar-refractivity contribution < 1.29 is 0 Å². The molecule has 0 spiro atoms. The van der Waals surface area contributed by atoms with E-state index in [1.54, 1.807) is 0 Å². The number of nitrogens with zero attached hydrogens (tertiary/aromatic N) is 1. The number of rotatable bonds is 8. The monoisotopic (exact) mass is 813 g/mol. The van der Waals surface area contributed by atoms with E-state index in [-0.39, 0.29) is 0 Å². The van der Waals surface area contributed by atoms with E-state index >= 15 is 0 Å². The maximum Gasteiger partial charge on any atom is 0.0713 e. The normalized spacial score (nSPS) is 12.5. The maximum atomic E-state index is 2.46. The molecule has 0 aliphatic heterocycles. The van der Waals surface area contributed by atoms with Gasteiger partial charge < -0.3 is 4.90 Å². The minimum Gasteiger partial charge on any atom is -0.310 e. The third-order valence-electron chi connectivity index (χ3n) is 13.3. The Morgan fingerprint density at radius 1 is 0.266 bits per heavy atom. The van der Waals surface area contributed by atoms with Crippen molar-refractivity contribution in [3.63, 3.8) is 0 Å². The molecule has 0 atom stereocenters. The lowest BCUT2D eigenvalue weighted by Crippen LogP contribution is -2.28. The Kier molecular flexibility index (Phi) is 9.13. The predicted molar refractivity (Wildman–Crippen MR) is 270 cm³/mol. The molecule has 11 aromatic carbocycles. The summed E-state index contributed by atoms with van der Waals surface area (Å²) in [5.41, 5.74) is 17.6. The van der Waals surface area contributed by atoms with Crippen molar-refractivity contribution in [2.45, 2.75) is 5.41 Å². The quantitative estimate of drug-likeness (QED) is 0.148. The van der Waals surface area contributed by atoms with E-state index in [4.69, 9.17) is 0 Å². The highest BCUT2D eigenvalue weighted by atomic mass is 15.1. The molecule has 0 bridgehead atoms. The van der Waals surface area contributed by atoms with Gasteiger partial charge >= 0.3 is 0 Å². The van der Waals surface area contributed by atoms with Gasteiger partial charge in [-0.05, 0) is 125 Å². The number of hydrogen-bond donors (Lipinski definition) is 0. The average Bonchev–Trinajstić information content (AvgIpc) is 3.68. The zero-order valence-corrected chi connectivity index (χ0v) is 35.3. The summed E-state index contributed by atoms with van der Waals surface area (Å²) < 4.78 is 0. The maximum absolute atomic E-state index is 2.46. The first-order chi connectivity index (χ1) is 31.7. The first-order valence-electron chi connectivity index (χ1n) is 22.2. The van der Waals surface area contributed by atoms with Crippen LogP contribution in [-0.4, -0.2) is 0 Å². The smallest absolute Gasteiger partial charge is 0.0713 e. The van der Waals surface area contributed by atoms with Crippen molar-refractivity contribution in [3.05, 3.63) is 283 Å². The lowest BCUT2D eigenvalue weighted by atomic mass is 9.68. The van der Waals surface area contributed by atoms with E-state index in [9.17, 15) is 0 Å². The van der Waals surface area contributed by atoms with Gasteiger partial charge in [0, 0.05) is 16.9 Å². The second-order valence-electron chi connectivity index (χ2n) is 16.8. The molecule has 1 nitrogen and oxygen atoms in total.